The number of hydrogen-bond donors (Lipinski definition) is 2. The van der Waals surface area contributed by atoms with Crippen LogP contribution in [-0.4, -0.2) is 44.4 Å². The second kappa shape index (κ2) is 8.18. The van der Waals surface area contributed by atoms with Crippen molar-refractivity contribution in [1.29, 1.82) is 0 Å². The second-order valence-corrected chi connectivity index (χ2v) is 8.00. The third-order valence-electron chi connectivity index (χ3n) is 4.01. The van der Waals surface area contributed by atoms with Crippen molar-refractivity contribution >= 4 is 40.2 Å². The summed E-state index contributed by atoms with van der Waals surface area (Å²) in [5, 5.41) is 15.1. The number of halogens is 1. The van der Waals surface area contributed by atoms with Crippen LogP contribution in [0.2, 0.25) is 5.02 Å². The first-order chi connectivity index (χ1) is 13.2. The van der Waals surface area contributed by atoms with Crippen molar-refractivity contribution in [3.63, 3.8) is 0 Å². The van der Waals surface area contributed by atoms with Crippen LogP contribution < -0.4 is 10.6 Å². The van der Waals surface area contributed by atoms with Crippen molar-refractivity contribution in [2.75, 3.05) is 18.4 Å². The second-order valence-electron chi connectivity index (χ2n) is 7.56. The first kappa shape index (κ1) is 20.1. The highest BCUT2D eigenvalue weighted by atomic mass is 35.5. The van der Waals surface area contributed by atoms with Gasteiger partial charge in [0.15, 0.2) is 5.82 Å². The van der Waals surface area contributed by atoms with E-state index in [0.29, 0.717) is 29.6 Å². The monoisotopic (exact) mass is 404 g/mol. The number of nitrogens with one attached hydrogen (secondary N) is 2. The van der Waals surface area contributed by atoms with Gasteiger partial charge in [0.2, 0.25) is 5.65 Å². The Hall–Kier alpha value is -2.61. The molecule has 0 radical (unpaired) electrons. The minimum absolute atomic E-state index is 0.394. The zero-order valence-electron chi connectivity index (χ0n) is 16.5. The highest BCUT2D eigenvalue weighted by molar-refractivity contribution is 6.31. The number of amides is 1. The molecule has 8 nitrogen and oxygen atoms in total. The van der Waals surface area contributed by atoms with E-state index in [1.807, 2.05) is 50.3 Å². The van der Waals surface area contributed by atoms with E-state index >= 15 is 0 Å². The van der Waals surface area contributed by atoms with Crippen LogP contribution >= 0.6 is 11.6 Å². The quantitative estimate of drug-likeness (QED) is 0.604. The molecule has 3 aromatic rings. The molecule has 0 unspecified atom stereocenters. The zero-order chi connectivity index (χ0) is 20.3. The molecule has 0 aliphatic rings. The molecule has 0 spiro atoms. The molecule has 3 rings (SSSR count). The molecular weight excluding hydrogens is 380 g/mol. The number of fused-ring (bicyclic) bond motifs is 3. The minimum atomic E-state index is -0.488. The van der Waals surface area contributed by atoms with E-state index in [9.17, 15) is 4.79 Å². The molecular formula is C19H25ClN6O2. The van der Waals surface area contributed by atoms with Gasteiger partial charge in [-0.15, -0.1) is 10.2 Å². The molecule has 0 fully saturated rings. The van der Waals surface area contributed by atoms with Gasteiger partial charge in [0, 0.05) is 18.1 Å². The Bertz CT molecular complexity index is 995. The van der Waals surface area contributed by atoms with E-state index in [-0.39, 0.29) is 0 Å². The van der Waals surface area contributed by atoms with Gasteiger partial charge in [0.05, 0.1) is 11.0 Å². The molecule has 1 amide bonds. The van der Waals surface area contributed by atoms with Crippen LogP contribution in [0.1, 0.15) is 39.4 Å². The first-order valence-electron chi connectivity index (χ1n) is 9.26. The third kappa shape index (κ3) is 4.81. The smallest absolute Gasteiger partial charge is 0.407 e. The summed E-state index contributed by atoms with van der Waals surface area (Å²) in [5.41, 5.74) is 1.88. The summed E-state index contributed by atoms with van der Waals surface area (Å²) >= 11 is 6.12. The van der Waals surface area contributed by atoms with Crippen LogP contribution in [-0.2, 0) is 4.74 Å². The van der Waals surface area contributed by atoms with Crippen molar-refractivity contribution in [2.45, 2.75) is 46.1 Å². The van der Waals surface area contributed by atoms with Crippen LogP contribution in [0, 0.1) is 6.92 Å². The van der Waals surface area contributed by atoms with Gasteiger partial charge in [0.1, 0.15) is 11.4 Å². The molecule has 2 heterocycles. The van der Waals surface area contributed by atoms with Crippen LogP contribution in [0.3, 0.4) is 0 Å². The number of alkyl carbamates (subject to hydrolysis) is 1. The lowest BCUT2D eigenvalue weighted by Crippen LogP contribution is -2.33. The summed E-state index contributed by atoms with van der Waals surface area (Å²) in [5.74, 6) is 1.45. The fourth-order valence-electron chi connectivity index (χ4n) is 2.83. The molecule has 0 saturated heterocycles. The fraction of sp³-hybridized carbons (Fsp3) is 0.474. The van der Waals surface area contributed by atoms with Crippen LogP contribution in [0.15, 0.2) is 18.2 Å². The Balaban J connectivity index is 1.59. The molecule has 0 aliphatic heterocycles. The topological polar surface area (TPSA) is 93.4 Å². The van der Waals surface area contributed by atoms with Gasteiger partial charge in [-0.25, -0.2) is 9.78 Å². The SMILES string of the molecule is Cc1nnc2c(NCCCCNC(=O)OC(C)(C)C)nc3cc(Cl)ccc3n12. The predicted molar refractivity (Wildman–Crippen MR) is 110 cm³/mol. The van der Waals surface area contributed by atoms with E-state index in [4.69, 9.17) is 16.3 Å². The number of carbonyl (C=O) groups excluding carboxylic acids is 1. The van der Waals surface area contributed by atoms with E-state index in [2.05, 4.69) is 25.8 Å². The summed E-state index contributed by atoms with van der Waals surface area (Å²) < 4.78 is 7.17. The Kier molecular flexibility index (Phi) is 5.88. The Morgan fingerprint density at radius 1 is 1.21 bits per heavy atom. The van der Waals surface area contributed by atoms with Crippen molar-refractivity contribution < 1.29 is 9.53 Å². The van der Waals surface area contributed by atoms with E-state index in [0.717, 1.165) is 29.7 Å². The van der Waals surface area contributed by atoms with Gasteiger partial charge in [-0.1, -0.05) is 11.6 Å². The maximum Gasteiger partial charge on any atom is 0.407 e. The molecule has 2 aromatic heterocycles. The van der Waals surface area contributed by atoms with Gasteiger partial charge in [0.25, 0.3) is 0 Å². The van der Waals surface area contributed by atoms with Gasteiger partial charge in [-0.3, -0.25) is 4.40 Å². The summed E-state index contributed by atoms with van der Waals surface area (Å²) in [6.07, 6.45) is 1.27. The number of unbranched alkanes of at least 4 members (excludes halogenated alkanes) is 1. The van der Waals surface area contributed by atoms with Crippen molar-refractivity contribution in [3.8, 4) is 0 Å². The lowest BCUT2D eigenvalue weighted by molar-refractivity contribution is 0.0527. The zero-order valence-corrected chi connectivity index (χ0v) is 17.3. The Labute approximate surface area is 168 Å². The van der Waals surface area contributed by atoms with Gasteiger partial charge in [-0.2, -0.15) is 0 Å². The Morgan fingerprint density at radius 3 is 2.71 bits per heavy atom. The minimum Gasteiger partial charge on any atom is -0.444 e. The third-order valence-corrected chi connectivity index (χ3v) is 4.25. The lowest BCUT2D eigenvalue weighted by Gasteiger charge is -2.19. The first-order valence-corrected chi connectivity index (χ1v) is 9.64. The summed E-state index contributed by atoms with van der Waals surface area (Å²) in [7, 11) is 0. The number of hydrogen-bond acceptors (Lipinski definition) is 6. The van der Waals surface area contributed by atoms with E-state index in [1.165, 1.54) is 0 Å². The van der Waals surface area contributed by atoms with Crippen molar-refractivity contribution in [2.24, 2.45) is 0 Å². The lowest BCUT2D eigenvalue weighted by atomic mass is 10.2. The standard InChI is InChI=1S/C19H25ClN6O2/c1-12-24-25-17-16(23-14-11-13(20)7-8-15(14)26(12)17)21-9-5-6-10-22-18(27)28-19(2,3)4/h7-8,11H,5-6,9-10H2,1-4H3,(H,21,23)(H,22,27). The number of anilines is 1. The number of carbonyl (C=O) groups is 1. The van der Waals surface area contributed by atoms with Gasteiger partial charge in [-0.05, 0) is 58.7 Å². The van der Waals surface area contributed by atoms with Gasteiger partial charge < -0.3 is 15.4 Å². The summed E-state index contributed by atoms with van der Waals surface area (Å²) in [4.78, 5) is 16.3. The molecule has 0 aliphatic carbocycles. The number of benzene rings is 1. The number of aromatic nitrogens is 4. The van der Waals surface area contributed by atoms with Crippen LogP contribution in [0.4, 0.5) is 10.6 Å². The number of nitrogens with zero attached hydrogens (tertiary/aromatic N) is 4. The molecule has 0 saturated carbocycles. The largest absolute Gasteiger partial charge is 0.444 e. The average Bonchev–Trinajstić information content (AvgIpc) is 2.98. The maximum atomic E-state index is 11.6. The predicted octanol–water partition coefficient (Wildman–Crippen LogP) is 3.96. The van der Waals surface area contributed by atoms with Gasteiger partial charge >= 0.3 is 6.09 Å². The summed E-state index contributed by atoms with van der Waals surface area (Å²) in [6, 6.07) is 5.57. The van der Waals surface area contributed by atoms with Crippen molar-refractivity contribution in [3.05, 3.63) is 29.0 Å². The Morgan fingerprint density at radius 2 is 1.96 bits per heavy atom. The summed E-state index contributed by atoms with van der Waals surface area (Å²) in [6.45, 7) is 8.67. The number of rotatable bonds is 6. The van der Waals surface area contributed by atoms with E-state index in [1.54, 1.807) is 0 Å². The molecule has 1 aromatic carbocycles. The maximum absolute atomic E-state index is 11.6. The molecule has 9 heteroatoms. The average molecular weight is 405 g/mol. The molecule has 28 heavy (non-hydrogen) atoms. The molecule has 2 N–H and O–H groups in total. The number of ether oxygens (including phenoxy) is 1. The highest BCUT2D eigenvalue weighted by Gasteiger charge is 2.15. The molecule has 150 valence electrons. The van der Waals surface area contributed by atoms with Crippen molar-refractivity contribution in [1.82, 2.24) is 24.9 Å². The van der Waals surface area contributed by atoms with Crippen LogP contribution in [0.25, 0.3) is 16.7 Å². The fourth-order valence-corrected chi connectivity index (χ4v) is 3.00. The number of aryl methyl sites for hydroxylation is 1. The normalized spacial score (nSPS) is 11.8. The van der Waals surface area contributed by atoms with Crippen LogP contribution in [0.5, 0.6) is 0 Å². The highest BCUT2D eigenvalue weighted by Crippen LogP contribution is 2.24. The molecule has 0 atom stereocenters. The van der Waals surface area contributed by atoms with E-state index < -0.39 is 11.7 Å². The molecule has 0 bridgehead atoms.